The number of nitrogens with zero attached hydrogens (tertiary/aromatic N) is 1. The molecule has 2 saturated carbocycles. The van der Waals surface area contributed by atoms with Gasteiger partial charge in [0.2, 0.25) is 0 Å². The van der Waals surface area contributed by atoms with Crippen molar-refractivity contribution in [1.82, 2.24) is 0 Å². The van der Waals surface area contributed by atoms with Crippen LogP contribution in [0.5, 0.6) is 0 Å². The molecule has 0 aromatic heterocycles. The van der Waals surface area contributed by atoms with Gasteiger partial charge in [-0.15, -0.1) is 0 Å². The van der Waals surface area contributed by atoms with Gasteiger partial charge >= 0.3 is 0 Å². The number of hydrogen-bond acceptors (Lipinski definition) is 2. The number of fused-ring (bicyclic) bond motifs is 1. The van der Waals surface area contributed by atoms with Crippen LogP contribution in [0.4, 0.5) is 0 Å². The Balaban J connectivity index is 1.86. The zero-order chi connectivity index (χ0) is 12.5. The second kappa shape index (κ2) is 2.98. The molecule has 0 amide bonds. The summed E-state index contributed by atoms with van der Waals surface area (Å²) in [5.74, 6) is 0. The molecule has 2 spiro atoms. The Kier molecular flexibility index (Phi) is 1.76. The van der Waals surface area contributed by atoms with Crippen LogP contribution in [0, 0.1) is 26.2 Å². The smallest absolute Gasteiger partial charge is 0.149 e. The molecule has 4 rings (SSSR count). The van der Waals surface area contributed by atoms with Crippen LogP contribution in [-0.4, -0.2) is 11.3 Å². The zero-order valence-electron chi connectivity index (χ0n) is 11.3. The molecule has 2 aliphatic carbocycles. The summed E-state index contributed by atoms with van der Waals surface area (Å²) in [5.41, 5.74) is 7.00. The standard InChI is InChI=1S/C16H19NO/c1-10-8-11(2)13(12(3)9-10)14-15(4-5-15)16(6-7-16)18-17-14/h8-9H,4-7H2,1-3H3. The molecule has 2 nitrogen and oxygen atoms in total. The van der Waals surface area contributed by atoms with Gasteiger partial charge in [-0.05, 0) is 57.6 Å². The Morgan fingerprint density at radius 3 is 2.11 bits per heavy atom. The molecule has 2 fully saturated rings. The van der Waals surface area contributed by atoms with E-state index in [1.54, 1.807) is 0 Å². The van der Waals surface area contributed by atoms with Crippen molar-refractivity contribution in [3.63, 3.8) is 0 Å². The molecule has 1 aromatic rings. The fourth-order valence-electron chi connectivity index (χ4n) is 3.86. The molecule has 2 heteroatoms. The Labute approximate surface area is 108 Å². The average molecular weight is 241 g/mol. The molecular weight excluding hydrogens is 222 g/mol. The minimum Gasteiger partial charge on any atom is -0.388 e. The van der Waals surface area contributed by atoms with Crippen molar-refractivity contribution in [2.75, 3.05) is 0 Å². The lowest BCUT2D eigenvalue weighted by atomic mass is 9.83. The van der Waals surface area contributed by atoms with Crippen LogP contribution in [0.15, 0.2) is 17.3 Å². The van der Waals surface area contributed by atoms with Crippen molar-refractivity contribution < 1.29 is 4.84 Å². The van der Waals surface area contributed by atoms with Gasteiger partial charge in [-0.25, -0.2) is 0 Å². The van der Waals surface area contributed by atoms with Crippen LogP contribution in [0.1, 0.15) is 47.9 Å². The third-order valence-corrected chi connectivity index (χ3v) is 5.01. The summed E-state index contributed by atoms with van der Waals surface area (Å²) < 4.78 is 0. The van der Waals surface area contributed by atoms with Crippen molar-refractivity contribution in [2.45, 2.75) is 52.1 Å². The van der Waals surface area contributed by atoms with Crippen LogP contribution in [0.25, 0.3) is 0 Å². The predicted octanol–water partition coefficient (Wildman–Crippen LogP) is 3.66. The predicted molar refractivity (Wildman–Crippen MR) is 71.9 cm³/mol. The van der Waals surface area contributed by atoms with Crippen LogP contribution in [0.2, 0.25) is 0 Å². The normalized spacial score (nSPS) is 25.2. The quantitative estimate of drug-likeness (QED) is 0.735. The van der Waals surface area contributed by atoms with Crippen molar-refractivity contribution in [3.05, 3.63) is 34.4 Å². The number of rotatable bonds is 1. The van der Waals surface area contributed by atoms with Crippen molar-refractivity contribution >= 4 is 5.71 Å². The molecule has 3 aliphatic rings. The minimum atomic E-state index is 0.103. The first-order chi connectivity index (χ1) is 8.58. The molecule has 0 saturated heterocycles. The molecule has 0 bridgehead atoms. The second-order valence-corrected chi connectivity index (χ2v) is 6.38. The lowest BCUT2D eigenvalue weighted by molar-refractivity contribution is 0.0328. The van der Waals surface area contributed by atoms with E-state index in [1.165, 1.54) is 53.6 Å². The molecule has 0 unspecified atom stereocenters. The van der Waals surface area contributed by atoms with Gasteiger partial charge in [0.1, 0.15) is 5.60 Å². The van der Waals surface area contributed by atoms with Gasteiger partial charge in [-0.3, -0.25) is 0 Å². The SMILES string of the molecule is Cc1cc(C)c(C2=NOC3(CC3)C23CC3)c(C)c1. The highest BCUT2D eigenvalue weighted by Crippen LogP contribution is 2.70. The van der Waals surface area contributed by atoms with Gasteiger partial charge in [0.15, 0.2) is 0 Å². The summed E-state index contributed by atoms with van der Waals surface area (Å²) >= 11 is 0. The third-order valence-electron chi connectivity index (χ3n) is 5.01. The maximum absolute atomic E-state index is 5.82. The Bertz CT molecular complexity index is 554. The maximum atomic E-state index is 5.82. The topological polar surface area (TPSA) is 21.6 Å². The number of oxime groups is 1. The first-order valence-corrected chi connectivity index (χ1v) is 6.93. The summed E-state index contributed by atoms with van der Waals surface area (Å²) in [6, 6.07) is 4.53. The fraction of sp³-hybridized carbons (Fsp3) is 0.562. The van der Waals surface area contributed by atoms with Gasteiger partial charge in [0, 0.05) is 5.56 Å². The molecule has 0 radical (unpaired) electrons. The molecule has 1 aromatic carbocycles. The zero-order valence-corrected chi connectivity index (χ0v) is 11.3. The summed E-state index contributed by atoms with van der Waals surface area (Å²) in [7, 11) is 0. The first kappa shape index (κ1) is 10.6. The van der Waals surface area contributed by atoms with Crippen molar-refractivity contribution in [1.29, 1.82) is 0 Å². The van der Waals surface area contributed by atoms with E-state index in [-0.39, 0.29) is 11.0 Å². The van der Waals surface area contributed by atoms with E-state index >= 15 is 0 Å². The van der Waals surface area contributed by atoms with E-state index < -0.39 is 0 Å². The van der Waals surface area contributed by atoms with Crippen LogP contribution in [-0.2, 0) is 4.84 Å². The molecule has 0 N–H and O–H groups in total. The highest BCUT2D eigenvalue weighted by atomic mass is 16.7. The lowest BCUT2D eigenvalue weighted by Gasteiger charge is -2.19. The van der Waals surface area contributed by atoms with Gasteiger partial charge < -0.3 is 4.84 Å². The number of aryl methyl sites for hydroxylation is 3. The largest absolute Gasteiger partial charge is 0.388 e. The Morgan fingerprint density at radius 2 is 1.61 bits per heavy atom. The average Bonchev–Trinajstić information content (AvgIpc) is 3.12. The van der Waals surface area contributed by atoms with E-state index in [2.05, 4.69) is 38.1 Å². The van der Waals surface area contributed by atoms with Crippen LogP contribution >= 0.6 is 0 Å². The van der Waals surface area contributed by atoms with E-state index in [4.69, 9.17) is 4.84 Å². The van der Waals surface area contributed by atoms with E-state index in [0.29, 0.717) is 0 Å². The summed E-state index contributed by atoms with van der Waals surface area (Å²) in [5, 5.41) is 4.50. The Hall–Kier alpha value is -1.31. The van der Waals surface area contributed by atoms with Crippen molar-refractivity contribution in [2.24, 2.45) is 10.6 Å². The van der Waals surface area contributed by atoms with E-state index in [9.17, 15) is 0 Å². The molecule has 1 aliphatic heterocycles. The van der Waals surface area contributed by atoms with E-state index in [1.807, 2.05) is 0 Å². The summed E-state index contributed by atoms with van der Waals surface area (Å²) in [6.45, 7) is 6.56. The molecule has 0 atom stereocenters. The number of benzene rings is 1. The van der Waals surface area contributed by atoms with Gasteiger partial charge in [-0.2, -0.15) is 0 Å². The highest BCUT2D eigenvalue weighted by Gasteiger charge is 2.74. The van der Waals surface area contributed by atoms with Gasteiger partial charge in [-0.1, -0.05) is 22.9 Å². The fourth-order valence-corrected chi connectivity index (χ4v) is 3.86. The van der Waals surface area contributed by atoms with Gasteiger partial charge in [0.25, 0.3) is 0 Å². The van der Waals surface area contributed by atoms with Gasteiger partial charge in [0.05, 0.1) is 11.1 Å². The third kappa shape index (κ3) is 1.12. The summed E-state index contributed by atoms with van der Waals surface area (Å²) in [4.78, 5) is 5.82. The molecule has 1 heterocycles. The second-order valence-electron chi connectivity index (χ2n) is 6.38. The van der Waals surface area contributed by atoms with Crippen LogP contribution < -0.4 is 0 Å². The maximum Gasteiger partial charge on any atom is 0.149 e. The molecule has 94 valence electrons. The minimum absolute atomic E-state index is 0.103. The summed E-state index contributed by atoms with van der Waals surface area (Å²) in [6.07, 6.45) is 4.92. The first-order valence-electron chi connectivity index (χ1n) is 6.93. The molecular formula is C16H19NO. The van der Waals surface area contributed by atoms with Crippen LogP contribution in [0.3, 0.4) is 0 Å². The highest BCUT2D eigenvalue weighted by molar-refractivity contribution is 6.10. The Morgan fingerprint density at radius 1 is 1.00 bits per heavy atom. The monoisotopic (exact) mass is 241 g/mol. The number of hydrogen-bond donors (Lipinski definition) is 0. The van der Waals surface area contributed by atoms with E-state index in [0.717, 1.165) is 0 Å². The lowest BCUT2D eigenvalue weighted by Crippen LogP contribution is -2.28. The van der Waals surface area contributed by atoms with Crippen molar-refractivity contribution in [3.8, 4) is 0 Å². The molecule has 18 heavy (non-hydrogen) atoms.